The number of allylic oxidation sites excluding steroid dienone is 2. The van der Waals surface area contributed by atoms with Crippen molar-refractivity contribution in [3.63, 3.8) is 0 Å². The molecule has 0 amide bonds. The number of fused-ring (bicyclic) bond motifs is 7. The SMILES string of the molecule is CC(=O)O[C@@H]1[C@H](O[C@@H]2O[C@@H](C)[C@H](O)[C@@H](O)[C@H]2O)[C@@H](O[C@@H]2O[C@@H](C)[C@H](O[C@@H]3OC[C@@H](O)[C@H](O)[C@H]3O)[C@@H](O[C@@H]3O[C@H](CO)[C@@H](O)[C@H](O)[C@H]3O)[C@H]2O)[C@H](OC(=O)[C@]23CCC(C)(C)C[C@H]2C2=CC[C@@H]4[C@@]5(C)CC[C@H](O[C@@H]6O[C@H](C(=O)O)[C@@H](O)[C@H](O[C@@H]7O[C@@H](C)[C@H](O)[C@@H](O)[C@H]7O)[C@H]6O[C@@H]6O[C@H](CO)[C@H](O)[C@H](O)[C@H]6O)[C@@](C)(C=O)[C@@H]5CC[C@@]4(C)[C@]2(C)C[C@H]3O)O[C@@H]1C. The van der Waals surface area contributed by atoms with E-state index in [1.165, 1.54) is 27.7 Å². The number of carbonyl (C=O) groups is 4. The molecule has 42 heteroatoms. The van der Waals surface area contributed by atoms with E-state index in [1.807, 2.05) is 13.8 Å². The first-order valence-electron chi connectivity index (χ1n) is 41.7. The molecule has 21 N–H and O–H groups in total. The van der Waals surface area contributed by atoms with Crippen molar-refractivity contribution in [2.45, 2.75) is 386 Å². The molecule has 5 aliphatic carbocycles. The number of aldehydes is 1. The number of carboxylic acid groups (broad SMARTS) is 1. The van der Waals surface area contributed by atoms with Crippen molar-refractivity contribution < 1.29 is 207 Å². The maximum absolute atomic E-state index is 16.5. The fraction of sp³-hybridized carbons (Fsp3) is 0.924. The Morgan fingerprint density at radius 1 is 0.446 bits per heavy atom. The van der Waals surface area contributed by atoms with Crippen LogP contribution in [0.3, 0.4) is 0 Å². The Bertz CT molecular complexity index is 3620. The average Bonchev–Trinajstić information content (AvgIpc) is 0.668. The van der Waals surface area contributed by atoms with Crippen LogP contribution in [0.5, 0.6) is 0 Å². The Hall–Kier alpha value is -3.58. The van der Waals surface area contributed by atoms with Gasteiger partial charge >= 0.3 is 17.9 Å². The van der Waals surface area contributed by atoms with Crippen LogP contribution in [0.25, 0.3) is 0 Å². The molecule has 692 valence electrons. The van der Waals surface area contributed by atoms with Crippen LogP contribution >= 0.6 is 0 Å². The van der Waals surface area contributed by atoms with Crippen LogP contribution in [-0.4, -0.2) is 403 Å². The highest BCUT2D eigenvalue weighted by Gasteiger charge is 2.74. The minimum Gasteiger partial charge on any atom is -0.479 e. The summed E-state index contributed by atoms with van der Waals surface area (Å²) in [5, 5.41) is 234. The lowest BCUT2D eigenvalue weighted by Gasteiger charge is -2.71. The highest BCUT2D eigenvalue weighted by molar-refractivity contribution is 5.80. The van der Waals surface area contributed by atoms with Crippen LogP contribution in [0.15, 0.2) is 11.6 Å². The maximum atomic E-state index is 16.5. The Kier molecular flexibility index (Phi) is 28.3. The van der Waals surface area contributed by atoms with Gasteiger partial charge in [-0.1, -0.05) is 53.2 Å². The number of carbonyl (C=O) groups excluding carboxylic acids is 3. The molecule has 12 fully saturated rings. The molecule has 0 aromatic heterocycles. The maximum Gasteiger partial charge on any atom is 0.335 e. The van der Waals surface area contributed by atoms with E-state index in [4.69, 9.17) is 80.5 Å². The third-order valence-corrected chi connectivity index (χ3v) is 29.6. The molecule has 0 spiro atoms. The summed E-state index contributed by atoms with van der Waals surface area (Å²) in [5.74, 6) is -5.47. The molecule has 0 bridgehead atoms. The monoisotopic (exact) mass is 1740 g/mol. The van der Waals surface area contributed by atoms with E-state index in [0.29, 0.717) is 32.1 Å². The zero-order chi connectivity index (χ0) is 88.6. The molecule has 0 aromatic carbocycles. The zero-order valence-corrected chi connectivity index (χ0v) is 69.0. The molecular formula is C79H124O42. The van der Waals surface area contributed by atoms with Gasteiger partial charge in [-0.05, 0) is 125 Å². The van der Waals surface area contributed by atoms with Gasteiger partial charge in [-0.25, -0.2) is 4.79 Å². The van der Waals surface area contributed by atoms with Crippen molar-refractivity contribution in [2.75, 3.05) is 19.8 Å². The quantitative estimate of drug-likeness (QED) is 0.0220. The van der Waals surface area contributed by atoms with Gasteiger partial charge in [-0.15, -0.1) is 0 Å². The lowest BCUT2D eigenvalue weighted by molar-refractivity contribution is -0.403. The van der Waals surface area contributed by atoms with Crippen molar-refractivity contribution in [2.24, 2.45) is 50.2 Å². The van der Waals surface area contributed by atoms with E-state index in [2.05, 4.69) is 26.8 Å². The van der Waals surface area contributed by atoms with Gasteiger partial charge in [0.05, 0.1) is 61.9 Å². The fourth-order valence-corrected chi connectivity index (χ4v) is 22.2. The number of aliphatic carboxylic acids is 1. The summed E-state index contributed by atoms with van der Waals surface area (Å²) < 4.78 is 105. The third kappa shape index (κ3) is 16.8. The van der Waals surface area contributed by atoms with E-state index in [-0.39, 0.29) is 31.6 Å². The lowest BCUT2D eigenvalue weighted by Crippen LogP contribution is -2.70. The largest absolute Gasteiger partial charge is 0.479 e. The van der Waals surface area contributed by atoms with Gasteiger partial charge in [-0.3, -0.25) is 9.59 Å². The summed E-state index contributed by atoms with van der Waals surface area (Å²) in [7, 11) is 0. The van der Waals surface area contributed by atoms with Crippen molar-refractivity contribution in [1.82, 2.24) is 0 Å². The number of carboxylic acids is 1. The molecule has 8 aliphatic heterocycles. The van der Waals surface area contributed by atoms with Gasteiger partial charge in [0.1, 0.15) is 158 Å². The van der Waals surface area contributed by atoms with Crippen molar-refractivity contribution in [3.05, 3.63) is 11.6 Å². The van der Waals surface area contributed by atoms with Crippen LogP contribution in [0.4, 0.5) is 0 Å². The molecule has 0 radical (unpaired) electrons. The Morgan fingerprint density at radius 3 is 1.45 bits per heavy atom. The second-order valence-electron chi connectivity index (χ2n) is 37.4. The summed E-state index contributed by atoms with van der Waals surface area (Å²) in [6.45, 7) is 16.0. The molecule has 8 saturated heterocycles. The number of hydrogen-bond donors (Lipinski definition) is 21. The van der Waals surface area contributed by atoms with E-state index in [1.54, 1.807) is 6.92 Å². The smallest absolute Gasteiger partial charge is 0.335 e. The van der Waals surface area contributed by atoms with Gasteiger partial charge in [0.2, 0.25) is 6.29 Å². The van der Waals surface area contributed by atoms with Gasteiger partial charge in [0.25, 0.3) is 0 Å². The Morgan fingerprint density at radius 2 is 0.917 bits per heavy atom. The normalized spacial score (nSPS) is 54.4. The standard InChI is InChI=1S/C79H124O42/c1-26-40(86)45(91)50(96)66(106-26)115-58-54(100)60(64(102)103)117-72(62(58)119-69-53(99)48(94)44(90)35(23-81)112-69)113-39-15-16-75(8)36(76(39,9)25-82)14-17-77(10)37(75)13-12-31-32-20-74(6,7)18-19-79(32,38(85)21-78(31,77)11)73(104)121-71-63(61(57(29(4)109-71)110-30(5)83)118-67-51(97)46(92)41(87)27(2)107-67)120-70-55(101)59(116-68-52(98)47(93)43(89)34(22-80)111-68)56(28(3)108-70)114-65-49(95)42(88)33(84)24-105-65/h12,25-29,32-63,65-72,80-81,84-101H,13-24H2,1-11H3,(H,102,103)/t26-,27-,28-,29+,32-,33+,34+,35+,36+,37+,38+,39-,40-,41-,42-,43+,44-,45+,46+,47-,48-,49+,50+,51+,52+,53+,54-,55+,56-,57-,58-,59-,60-,61-,62+,63+,65-,66-,67-,68-,69-,70-,71-,72+,75-,76-,77+,78+,79+/m0/s1. The molecule has 49 atom stereocenters. The first-order valence-corrected chi connectivity index (χ1v) is 41.7. The van der Waals surface area contributed by atoms with E-state index < -0.39 is 334 Å². The van der Waals surface area contributed by atoms with Crippen LogP contribution in [-0.2, 0) is 99.7 Å². The van der Waals surface area contributed by atoms with Gasteiger partial charge in [-0.2, -0.15) is 0 Å². The van der Waals surface area contributed by atoms with Gasteiger partial charge in [0, 0.05) is 6.92 Å². The average molecular weight is 1750 g/mol. The summed E-state index contributed by atoms with van der Waals surface area (Å²) in [6, 6.07) is 0. The molecule has 42 nitrogen and oxygen atoms in total. The first kappa shape index (κ1) is 95.0. The summed E-state index contributed by atoms with van der Waals surface area (Å²) in [4.78, 5) is 57.5. The lowest BCUT2D eigenvalue weighted by atomic mass is 9.33. The topological polar surface area (TPSA) is 650 Å². The molecule has 13 rings (SSSR count). The number of ether oxygens (including phenoxy) is 17. The van der Waals surface area contributed by atoms with Crippen LogP contribution in [0, 0.1) is 50.2 Å². The highest BCUT2D eigenvalue weighted by Crippen LogP contribution is 2.76. The molecule has 121 heavy (non-hydrogen) atoms. The van der Waals surface area contributed by atoms with Crippen molar-refractivity contribution >= 4 is 24.2 Å². The molecular weight excluding hydrogens is 1620 g/mol. The minimum absolute atomic E-state index is 0.00221. The van der Waals surface area contributed by atoms with Crippen molar-refractivity contribution in [3.8, 4) is 0 Å². The molecule has 8 heterocycles. The zero-order valence-electron chi connectivity index (χ0n) is 69.0. The van der Waals surface area contributed by atoms with Crippen LogP contribution in [0.2, 0.25) is 0 Å². The second-order valence-corrected chi connectivity index (χ2v) is 37.4. The van der Waals surface area contributed by atoms with Crippen LogP contribution < -0.4 is 0 Å². The number of esters is 2. The Balaban J connectivity index is 0.825. The van der Waals surface area contributed by atoms with E-state index >= 15 is 4.79 Å². The van der Waals surface area contributed by atoms with Crippen LogP contribution in [0.1, 0.15) is 134 Å². The predicted octanol–water partition coefficient (Wildman–Crippen LogP) is -7.18. The van der Waals surface area contributed by atoms with Crippen molar-refractivity contribution in [1.29, 1.82) is 0 Å². The summed E-state index contributed by atoms with van der Waals surface area (Å²) in [5.41, 5.74) is -5.61. The fourth-order valence-electron chi connectivity index (χ4n) is 22.2. The molecule has 4 saturated carbocycles. The van der Waals surface area contributed by atoms with E-state index in [9.17, 15) is 122 Å². The van der Waals surface area contributed by atoms with Gasteiger partial charge in [0.15, 0.2) is 62.3 Å². The number of aliphatic hydroxyl groups excluding tert-OH is 20. The second kappa shape index (κ2) is 36.0. The molecule has 0 aromatic rings. The number of rotatable bonds is 21. The summed E-state index contributed by atoms with van der Waals surface area (Å²) in [6.07, 6.45) is -71.6. The highest BCUT2D eigenvalue weighted by atomic mass is 16.8. The number of hydrogen-bond acceptors (Lipinski definition) is 41. The molecule has 13 aliphatic rings. The Labute approximate surface area is 696 Å². The first-order chi connectivity index (χ1) is 56.7. The summed E-state index contributed by atoms with van der Waals surface area (Å²) >= 11 is 0. The molecule has 0 unspecified atom stereocenters. The predicted molar refractivity (Wildman–Crippen MR) is 394 cm³/mol. The van der Waals surface area contributed by atoms with Gasteiger partial charge < -0.3 is 193 Å². The van der Waals surface area contributed by atoms with E-state index in [0.717, 1.165) is 18.8 Å². The number of aliphatic hydroxyl groups is 20. The third-order valence-electron chi connectivity index (χ3n) is 29.6. The minimum atomic E-state index is -2.28.